The van der Waals surface area contributed by atoms with Crippen LogP contribution in [0.4, 0.5) is 0 Å². The molecule has 3 aromatic rings. The van der Waals surface area contributed by atoms with Gasteiger partial charge in [0.05, 0.1) is 22.1 Å². The number of nitrogens with zero attached hydrogens (tertiary/aromatic N) is 2. The molecule has 34 heavy (non-hydrogen) atoms. The Morgan fingerprint density at radius 2 is 1.97 bits per heavy atom. The molecule has 0 radical (unpaired) electrons. The second-order valence-electron chi connectivity index (χ2n) is 10.1. The number of aromatic amines is 1. The third kappa shape index (κ3) is 3.77. The summed E-state index contributed by atoms with van der Waals surface area (Å²) >= 11 is 6.52. The van der Waals surface area contributed by atoms with Crippen LogP contribution in [-0.2, 0) is 0 Å². The van der Waals surface area contributed by atoms with Crippen molar-refractivity contribution < 1.29 is 14.3 Å². The summed E-state index contributed by atoms with van der Waals surface area (Å²) in [6, 6.07) is 11.9. The Balaban J connectivity index is 1.24. The molecule has 2 atom stereocenters. The van der Waals surface area contributed by atoms with Crippen LogP contribution in [0, 0.1) is 11.3 Å². The lowest BCUT2D eigenvalue weighted by Crippen LogP contribution is -2.46. The van der Waals surface area contributed by atoms with Gasteiger partial charge in [-0.05, 0) is 68.8 Å². The van der Waals surface area contributed by atoms with Crippen LogP contribution in [0.2, 0.25) is 5.02 Å². The average molecular weight is 480 g/mol. The van der Waals surface area contributed by atoms with Crippen LogP contribution in [0.1, 0.15) is 60.7 Å². The Labute approximate surface area is 204 Å². The molecule has 2 aliphatic heterocycles. The van der Waals surface area contributed by atoms with Gasteiger partial charge in [-0.2, -0.15) is 0 Å². The molecule has 0 bridgehead atoms. The molecule has 1 aromatic heterocycles. The first kappa shape index (κ1) is 21.9. The molecule has 1 N–H and O–H groups in total. The zero-order valence-electron chi connectivity index (χ0n) is 19.5. The molecule has 3 aliphatic rings. The highest BCUT2D eigenvalue weighted by Crippen LogP contribution is 2.56. The van der Waals surface area contributed by atoms with Crippen LogP contribution in [0.25, 0.3) is 11.0 Å². The fraction of sp³-hybridized carbons (Fsp3) is 0.481. The van der Waals surface area contributed by atoms with Crippen molar-refractivity contribution in [3.8, 4) is 11.5 Å². The highest BCUT2D eigenvalue weighted by molar-refractivity contribution is 6.34. The molecule has 0 unspecified atom stereocenters. The zero-order chi connectivity index (χ0) is 23.3. The minimum Gasteiger partial charge on any atom is -0.486 e. The number of imidazole rings is 1. The standard InChI is InChI=1S/C27H30ClN3O3/c1-31-10-7-17(13-22(31)26-29-20-5-2-3-6-21(20)30-26)27(8-4-9-27)16-23(32)18-14-24-25(15-19(18)28)34-12-11-33-24/h2-3,5-6,14-15,17,22H,4,7-13,16H2,1H3,(H,29,30)/t17-,22-/m1/s1. The highest BCUT2D eigenvalue weighted by atomic mass is 35.5. The van der Waals surface area contributed by atoms with Gasteiger partial charge in [-0.3, -0.25) is 9.69 Å². The second-order valence-corrected chi connectivity index (χ2v) is 10.6. The number of ketones is 1. The van der Waals surface area contributed by atoms with E-state index in [0.29, 0.717) is 47.6 Å². The molecular weight excluding hydrogens is 450 g/mol. The number of Topliss-reactive ketones (excluding diaryl/α,β-unsaturated/α-hetero) is 1. The van der Waals surface area contributed by atoms with Gasteiger partial charge in [0.2, 0.25) is 0 Å². The number of benzene rings is 2. The van der Waals surface area contributed by atoms with E-state index in [-0.39, 0.29) is 17.2 Å². The van der Waals surface area contributed by atoms with E-state index in [1.165, 1.54) is 6.42 Å². The molecule has 1 saturated heterocycles. The Kier molecular flexibility index (Phi) is 5.53. The molecule has 3 heterocycles. The maximum Gasteiger partial charge on any atom is 0.165 e. The Hall–Kier alpha value is -2.57. The lowest BCUT2D eigenvalue weighted by atomic mass is 9.55. The normalized spacial score (nSPS) is 24.1. The number of piperidine rings is 1. The summed E-state index contributed by atoms with van der Waals surface area (Å²) in [5.74, 6) is 2.86. The van der Waals surface area contributed by atoms with Gasteiger partial charge in [0, 0.05) is 18.1 Å². The van der Waals surface area contributed by atoms with Crippen LogP contribution in [0.15, 0.2) is 36.4 Å². The molecule has 7 heteroatoms. The quantitative estimate of drug-likeness (QED) is 0.467. The van der Waals surface area contributed by atoms with Crippen LogP contribution in [-0.4, -0.2) is 47.5 Å². The number of para-hydroxylation sites is 2. The number of ether oxygens (including phenoxy) is 2. The van der Waals surface area contributed by atoms with E-state index in [1.54, 1.807) is 12.1 Å². The first-order chi connectivity index (χ1) is 16.5. The van der Waals surface area contributed by atoms with Gasteiger partial charge < -0.3 is 14.5 Å². The number of hydrogen-bond acceptors (Lipinski definition) is 5. The van der Waals surface area contributed by atoms with Crippen LogP contribution >= 0.6 is 11.6 Å². The van der Waals surface area contributed by atoms with Crippen molar-refractivity contribution in [1.29, 1.82) is 0 Å². The molecule has 0 spiro atoms. The number of halogens is 1. The number of aromatic nitrogens is 2. The van der Waals surface area contributed by atoms with Gasteiger partial charge in [0.15, 0.2) is 17.3 Å². The molecule has 178 valence electrons. The fourth-order valence-corrected chi connectivity index (χ4v) is 6.40. The average Bonchev–Trinajstić information content (AvgIpc) is 3.25. The summed E-state index contributed by atoms with van der Waals surface area (Å²) in [7, 11) is 2.18. The third-order valence-corrected chi connectivity index (χ3v) is 8.57. The number of rotatable bonds is 5. The van der Waals surface area contributed by atoms with Crippen molar-refractivity contribution in [1.82, 2.24) is 14.9 Å². The summed E-state index contributed by atoms with van der Waals surface area (Å²) in [5, 5.41) is 0.451. The van der Waals surface area contributed by atoms with Gasteiger partial charge in [0.1, 0.15) is 19.0 Å². The van der Waals surface area contributed by atoms with E-state index in [0.717, 1.165) is 49.1 Å². The smallest absolute Gasteiger partial charge is 0.165 e. The Bertz CT molecular complexity index is 1200. The van der Waals surface area contributed by atoms with Crippen molar-refractivity contribution in [2.75, 3.05) is 26.8 Å². The lowest BCUT2D eigenvalue weighted by molar-refractivity contribution is -0.0126. The summed E-state index contributed by atoms with van der Waals surface area (Å²) < 4.78 is 11.3. The summed E-state index contributed by atoms with van der Waals surface area (Å²) in [6.45, 7) is 2.00. The lowest BCUT2D eigenvalue weighted by Gasteiger charge is -2.52. The number of hydrogen-bond donors (Lipinski definition) is 1. The SMILES string of the molecule is CN1CC[C@@H](C2(CC(=O)c3cc4c(cc3Cl)OCCO4)CCC2)C[C@@H]1c1nc2ccccc2[nH]1. The number of carbonyl (C=O) groups excluding carboxylic acids is 1. The van der Waals surface area contributed by atoms with Gasteiger partial charge in [-0.1, -0.05) is 30.2 Å². The van der Waals surface area contributed by atoms with E-state index in [1.807, 2.05) is 12.1 Å². The maximum atomic E-state index is 13.5. The predicted molar refractivity (Wildman–Crippen MR) is 132 cm³/mol. The van der Waals surface area contributed by atoms with Crippen LogP contribution in [0.3, 0.4) is 0 Å². The molecule has 6 nitrogen and oxygen atoms in total. The van der Waals surface area contributed by atoms with E-state index in [9.17, 15) is 4.79 Å². The second kappa shape index (κ2) is 8.58. The van der Waals surface area contributed by atoms with Crippen molar-refractivity contribution >= 4 is 28.4 Å². The van der Waals surface area contributed by atoms with Crippen LogP contribution < -0.4 is 9.47 Å². The monoisotopic (exact) mass is 479 g/mol. The molecule has 1 saturated carbocycles. The van der Waals surface area contributed by atoms with Crippen molar-refractivity contribution in [2.24, 2.45) is 11.3 Å². The van der Waals surface area contributed by atoms with Gasteiger partial charge in [-0.25, -0.2) is 4.98 Å². The van der Waals surface area contributed by atoms with Crippen molar-refractivity contribution in [3.05, 3.63) is 52.8 Å². The zero-order valence-corrected chi connectivity index (χ0v) is 20.2. The molecule has 6 rings (SSSR count). The molecule has 0 amide bonds. The molecule has 2 fully saturated rings. The number of likely N-dealkylation sites (tertiary alicyclic amines) is 1. The molecule has 2 aromatic carbocycles. The van der Waals surface area contributed by atoms with E-state index < -0.39 is 0 Å². The van der Waals surface area contributed by atoms with E-state index in [2.05, 4.69) is 29.1 Å². The number of fused-ring (bicyclic) bond motifs is 2. The molecular formula is C27H30ClN3O3. The summed E-state index contributed by atoms with van der Waals surface area (Å²) in [4.78, 5) is 24.4. The van der Waals surface area contributed by atoms with Crippen LogP contribution in [0.5, 0.6) is 11.5 Å². The Morgan fingerprint density at radius 1 is 1.21 bits per heavy atom. The number of carbonyl (C=O) groups is 1. The van der Waals surface area contributed by atoms with Crippen molar-refractivity contribution in [2.45, 2.75) is 44.6 Å². The van der Waals surface area contributed by atoms with Crippen molar-refractivity contribution in [3.63, 3.8) is 0 Å². The molecule has 1 aliphatic carbocycles. The minimum atomic E-state index is 0.0409. The van der Waals surface area contributed by atoms with Gasteiger partial charge >= 0.3 is 0 Å². The first-order valence-corrected chi connectivity index (χ1v) is 12.7. The first-order valence-electron chi connectivity index (χ1n) is 12.3. The fourth-order valence-electron chi connectivity index (χ4n) is 6.14. The summed E-state index contributed by atoms with van der Waals surface area (Å²) in [6.07, 6.45) is 6.04. The topological polar surface area (TPSA) is 67.5 Å². The van der Waals surface area contributed by atoms with Gasteiger partial charge in [-0.15, -0.1) is 0 Å². The number of H-pyrrole nitrogens is 1. The maximum absolute atomic E-state index is 13.5. The predicted octanol–water partition coefficient (Wildman–Crippen LogP) is 5.81. The third-order valence-electron chi connectivity index (χ3n) is 8.25. The highest BCUT2D eigenvalue weighted by Gasteiger charge is 2.48. The van der Waals surface area contributed by atoms with Gasteiger partial charge in [0.25, 0.3) is 0 Å². The number of nitrogens with one attached hydrogen (secondary N) is 1. The Morgan fingerprint density at radius 3 is 2.71 bits per heavy atom. The van der Waals surface area contributed by atoms with E-state index in [4.69, 9.17) is 26.1 Å². The largest absolute Gasteiger partial charge is 0.486 e. The van der Waals surface area contributed by atoms with E-state index >= 15 is 0 Å². The minimum absolute atomic E-state index is 0.0409. The summed E-state index contributed by atoms with van der Waals surface area (Å²) in [5.41, 5.74) is 2.68.